The lowest BCUT2D eigenvalue weighted by molar-refractivity contribution is 0.194. The second-order valence-electron chi connectivity index (χ2n) is 10.9. The molecule has 1 aromatic heterocycles. The fourth-order valence-corrected chi connectivity index (χ4v) is 6.42. The zero-order valence-corrected chi connectivity index (χ0v) is 25.1. The maximum Gasteiger partial charge on any atom is 0.227 e. The number of halogens is 3. The molecular formula is C33H35Cl3N4. The molecule has 2 aliphatic carbocycles. The molecule has 4 nitrogen and oxygen atoms in total. The Kier molecular flexibility index (Phi) is 9.32. The van der Waals surface area contributed by atoms with E-state index in [0.29, 0.717) is 16.0 Å². The number of aromatic nitrogens is 2. The van der Waals surface area contributed by atoms with Crippen LogP contribution < -0.4 is 5.32 Å². The van der Waals surface area contributed by atoms with E-state index in [2.05, 4.69) is 76.8 Å². The fraction of sp³-hybridized carbons (Fsp3) is 0.333. The molecule has 2 aliphatic rings. The van der Waals surface area contributed by atoms with Gasteiger partial charge in [-0.3, -0.25) is 0 Å². The number of nitrogens with one attached hydrogen (secondary N) is 1. The number of benzene rings is 3. The topological polar surface area (TPSA) is 41.0 Å². The third-order valence-electron chi connectivity index (χ3n) is 8.39. The van der Waals surface area contributed by atoms with E-state index in [9.17, 15) is 0 Å². The summed E-state index contributed by atoms with van der Waals surface area (Å²) in [6, 6.07) is 23.9. The van der Waals surface area contributed by atoms with E-state index < -0.39 is 0 Å². The highest BCUT2D eigenvalue weighted by Gasteiger charge is 2.28. The van der Waals surface area contributed by atoms with Gasteiger partial charge in [0.25, 0.3) is 0 Å². The van der Waals surface area contributed by atoms with Crippen LogP contribution in [0.1, 0.15) is 60.3 Å². The van der Waals surface area contributed by atoms with E-state index in [1.54, 1.807) is 0 Å². The lowest BCUT2D eigenvalue weighted by Gasteiger charge is -2.31. The van der Waals surface area contributed by atoms with Crippen molar-refractivity contribution >= 4 is 47.2 Å². The molecule has 1 saturated carbocycles. The quantitative estimate of drug-likeness (QED) is 0.232. The van der Waals surface area contributed by atoms with E-state index in [4.69, 9.17) is 28.2 Å². The Morgan fingerprint density at radius 1 is 0.925 bits per heavy atom. The monoisotopic (exact) mass is 592 g/mol. The Labute approximate surface area is 253 Å². The van der Waals surface area contributed by atoms with E-state index in [0.717, 1.165) is 53.5 Å². The van der Waals surface area contributed by atoms with Crippen molar-refractivity contribution in [1.82, 2.24) is 14.9 Å². The van der Waals surface area contributed by atoms with Crippen molar-refractivity contribution in [1.29, 1.82) is 0 Å². The minimum Gasteiger partial charge on any atom is -0.324 e. The van der Waals surface area contributed by atoms with Crippen LogP contribution in [0.4, 0.5) is 11.6 Å². The maximum absolute atomic E-state index is 6.36. The van der Waals surface area contributed by atoms with Crippen molar-refractivity contribution in [2.75, 3.05) is 18.9 Å². The Hall–Kier alpha value is -2.63. The molecular weight excluding hydrogens is 559 g/mol. The molecule has 0 aliphatic heterocycles. The predicted molar refractivity (Wildman–Crippen MR) is 170 cm³/mol. The highest BCUT2D eigenvalue weighted by molar-refractivity contribution is 6.42. The molecule has 0 amide bonds. The molecule has 40 heavy (non-hydrogen) atoms. The van der Waals surface area contributed by atoms with E-state index >= 15 is 0 Å². The van der Waals surface area contributed by atoms with Gasteiger partial charge in [-0.25, -0.2) is 9.97 Å². The third-order valence-corrected chi connectivity index (χ3v) is 9.13. The summed E-state index contributed by atoms with van der Waals surface area (Å²) in [5.74, 6) is 0.789. The molecule has 0 unspecified atom stereocenters. The fourth-order valence-electron chi connectivity index (χ4n) is 6.12. The minimum absolute atomic E-state index is 0. The van der Waals surface area contributed by atoms with Crippen LogP contribution in [0.2, 0.25) is 10.0 Å². The maximum atomic E-state index is 6.36. The Bertz CT molecular complexity index is 1450. The van der Waals surface area contributed by atoms with Gasteiger partial charge < -0.3 is 10.2 Å². The molecule has 0 bridgehead atoms. The summed E-state index contributed by atoms with van der Waals surface area (Å²) < 4.78 is 0. The van der Waals surface area contributed by atoms with Crippen LogP contribution in [0.5, 0.6) is 0 Å². The van der Waals surface area contributed by atoms with Crippen LogP contribution >= 0.6 is 35.6 Å². The van der Waals surface area contributed by atoms with Gasteiger partial charge in [0.15, 0.2) is 0 Å². The smallest absolute Gasteiger partial charge is 0.227 e. The minimum atomic E-state index is 0. The van der Waals surface area contributed by atoms with Crippen molar-refractivity contribution in [3.05, 3.63) is 105 Å². The van der Waals surface area contributed by atoms with E-state index in [1.165, 1.54) is 43.2 Å². The van der Waals surface area contributed by atoms with Gasteiger partial charge in [-0.05, 0) is 79.3 Å². The van der Waals surface area contributed by atoms with Gasteiger partial charge >= 0.3 is 0 Å². The molecule has 1 fully saturated rings. The summed E-state index contributed by atoms with van der Waals surface area (Å²) in [7, 11) is 2.28. The number of hydrogen-bond acceptors (Lipinski definition) is 4. The summed E-state index contributed by atoms with van der Waals surface area (Å²) >= 11 is 12.6. The second-order valence-corrected chi connectivity index (χ2v) is 11.7. The van der Waals surface area contributed by atoms with Crippen LogP contribution in [0.15, 0.2) is 72.9 Å². The summed E-state index contributed by atoms with van der Waals surface area (Å²) in [6.07, 6.45) is 10.7. The van der Waals surface area contributed by atoms with Crippen molar-refractivity contribution in [3.8, 4) is 11.3 Å². The summed E-state index contributed by atoms with van der Waals surface area (Å²) in [6.45, 7) is 1.11. The first-order chi connectivity index (χ1) is 19.0. The first-order valence-corrected chi connectivity index (χ1v) is 14.8. The van der Waals surface area contributed by atoms with Crippen molar-refractivity contribution < 1.29 is 0 Å². The highest BCUT2D eigenvalue weighted by atomic mass is 35.5. The third kappa shape index (κ3) is 6.31. The molecule has 1 N–H and O–H groups in total. The Morgan fingerprint density at radius 3 is 2.48 bits per heavy atom. The van der Waals surface area contributed by atoms with Crippen LogP contribution in [0.25, 0.3) is 11.3 Å². The molecule has 4 aromatic rings. The van der Waals surface area contributed by atoms with E-state index in [-0.39, 0.29) is 18.3 Å². The van der Waals surface area contributed by atoms with Crippen molar-refractivity contribution in [2.24, 2.45) is 0 Å². The van der Waals surface area contributed by atoms with Gasteiger partial charge in [0.05, 0.1) is 15.7 Å². The average Bonchev–Trinajstić information content (AvgIpc) is 2.98. The average molecular weight is 594 g/mol. The Morgan fingerprint density at radius 2 is 1.70 bits per heavy atom. The van der Waals surface area contributed by atoms with Gasteiger partial charge in [-0.1, -0.05) is 84.9 Å². The zero-order valence-electron chi connectivity index (χ0n) is 22.7. The first-order valence-electron chi connectivity index (χ1n) is 14.0. The molecule has 0 spiro atoms. The Balaban J connectivity index is 0.00000323. The molecule has 208 valence electrons. The van der Waals surface area contributed by atoms with Crippen LogP contribution in [-0.2, 0) is 12.8 Å². The second kappa shape index (κ2) is 12.9. The predicted octanol–water partition coefficient (Wildman–Crippen LogP) is 9.11. The molecule has 7 heteroatoms. The highest BCUT2D eigenvalue weighted by Crippen LogP contribution is 2.43. The van der Waals surface area contributed by atoms with Crippen molar-refractivity contribution in [3.63, 3.8) is 0 Å². The zero-order chi connectivity index (χ0) is 26.8. The van der Waals surface area contributed by atoms with Gasteiger partial charge in [0.1, 0.15) is 0 Å². The molecule has 1 heterocycles. The molecule has 0 saturated heterocycles. The molecule has 6 rings (SSSR count). The first kappa shape index (κ1) is 28.9. The number of anilines is 2. The number of nitrogens with zero attached hydrogens (tertiary/aromatic N) is 3. The lowest BCUT2D eigenvalue weighted by atomic mass is 9.78. The van der Waals surface area contributed by atoms with Crippen molar-refractivity contribution in [2.45, 2.75) is 56.9 Å². The largest absolute Gasteiger partial charge is 0.324 e. The summed E-state index contributed by atoms with van der Waals surface area (Å²) in [5, 5.41) is 4.57. The number of hydrogen-bond donors (Lipinski definition) is 1. The van der Waals surface area contributed by atoms with Gasteiger partial charge in [-0.15, -0.1) is 12.4 Å². The van der Waals surface area contributed by atoms with Gasteiger partial charge in [-0.2, -0.15) is 0 Å². The lowest BCUT2D eigenvalue weighted by Crippen LogP contribution is -2.34. The van der Waals surface area contributed by atoms with Gasteiger partial charge in [0.2, 0.25) is 5.95 Å². The van der Waals surface area contributed by atoms with Gasteiger partial charge in [0, 0.05) is 36.0 Å². The summed E-state index contributed by atoms with van der Waals surface area (Å²) in [5.41, 5.74) is 8.01. The summed E-state index contributed by atoms with van der Waals surface area (Å²) in [4.78, 5) is 12.2. The SMILES string of the molecule is CN(CCc1ccc(Nc2ncc3c(n2)-c2ccccc2[C@H](c2ccc(Cl)c(Cl)c2)C3)cc1)C1CCCCC1.Cl. The van der Waals surface area contributed by atoms with Crippen LogP contribution in [0, 0.1) is 0 Å². The standard InChI is InChI=1S/C33H34Cl2N4.ClH/c1-39(26-7-3-2-4-8-26)18-17-22-11-14-25(15-12-22)37-33-36-21-24-19-29(23-13-16-30(34)31(35)20-23)27-9-5-6-10-28(27)32(24)38-33;/h5-6,9-16,20-21,26,29H,2-4,7-8,17-19H2,1H3,(H,36,37,38);1H/t29-;/m0./s1. The van der Waals surface area contributed by atoms with Crippen LogP contribution in [0.3, 0.4) is 0 Å². The number of fused-ring (bicyclic) bond motifs is 3. The molecule has 1 atom stereocenters. The van der Waals surface area contributed by atoms with Crippen LogP contribution in [-0.4, -0.2) is 34.5 Å². The number of likely N-dealkylation sites (N-methyl/N-ethyl adjacent to an activating group) is 1. The normalized spacial score (nSPS) is 16.6. The molecule has 0 radical (unpaired) electrons. The van der Waals surface area contributed by atoms with E-state index in [1.807, 2.05) is 18.3 Å². The molecule has 3 aromatic carbocycles. The number of rotatable bonds is 7.